The smallest absolute Gasteiger partial charge is 0.0462 e. The Bertz CT molecular complexity index is 3840. The number of para-hydroxylation sites is 3. The Balaban J connectivity index is 0.896. The molecule has 0 fully saturated rings. The van der Waals surface area contributed by atoms with Gasteiger partial charge in [0.15, 0.2) is 0 Å². The zero-order chi connectivity index (χ0) is 45.7. The first-order valence-corrected chi connectivity index (χ1v) is 26.0. The minimum atomic E-state index is 1.01. The molecule has 9 aromatic carbocycles. The van der Waals surface area contributed by atoms with Gasteiger partial charge in [0.1, 0.15) is 0 Å². The molecule has 2 nitrogen and oxygen atoms in total. The lowest BCUT2D eigenvalue weighted by molar-refractivity contribution is 0.918. The third-order valence-electron chi connectivity index (χ3n) is 13.3. The van der Waals surface area contributed by atoms with Crippen LogP contribution in [0.5, 0.6) is 0 Å². The van der Waals surface area contributed by atoms with Crippen molar-refractivity contribution in [3.05, 3.63) is 248 Å². The number of allylic oxidation sites excluding steroid dienone is 4. The minimum Gasteiger partial charge on any atom is -0.314 e. The monoisotopic (exact) mass is 936 g/mol. The van der Waals surface area contributed by atoms with Gasteiger partial charge in [-0.05, 0) is 138 Å². The maximum absolute atomic E-state index is 2.45. The lowest BCUT2D eigenvalue weighted by atomic mass is 9.96. The summed E-state index contributed by atoms with van der Waals surface area (Å²) in [7, 11) is 0. The Hall–Kier alpha value is -7.80. The van der Waals surface area contributed by atoms with Crippen LogP contribution in [0.3, 0.4) is 0 Å². The molecule has 328 valence electrons. The summed E-state index contributed by atoms with van der Waals surface area (Å²) in [6.07, 6.45) is 8.76. The highest BCUT2D eigenvalue weighted by atomic mass is 32.1. The van der Waals surface area contributed by atoms with Crippen molar-refractivity contribution >= 4 is 103 Å². The zero-order valence-electron chi connectivity index (χ0n) is 37.6. The maximum atomic E-state index is 2.45. The molecule has 1 aliphatic rings. The molecule has 69 heavy (non-hydrogen) atoms. The number of nitrogens with zero attached hydrogens (tertiary/aromatic N) is 2. The van der Waals surface area contributed by atoms with Crippen LogP contribution < -0.4 is 9.80 Å². The minimum absolute atomic E-state index is 1.01. The van der Waals surface area contributed by atoms with E-state index in [0.717, 1.165) is 29.9 Å². The molecular weight excluding hydrogens is 893 g/mol. The van der Waals surface area contributed by atoms with Gasteiger partial charge in [0.2, 0.25) is 0 Å². The SMILES string of the molecule is C1=CCCC(N(c2ccccc2)c2ccc(-c3c(-c4ccc5sc6ccc(-c7sc8ccccc8c7-c7ccc(N(c8ccccc8)c8ccccc8)cc7)cc6c5c4)sc4ccccc34)cc2)=C1. The van der Waals surface area contributed by atoms with E-state index in [0.29, 0.717) is 0 Å². The molecule has 0 saturated heterocycles. The lowest BCUT2D eigenvalue weighted by Crippen LogP contribution is -2.17. The van der Waals surface area contributed by atoms with Crippen molar-refractivity contribution in [2.45, 2.75) is 12.8 Å². The first kappa shape index (κ1) is 41.4. The van der Waals surface area contributed by atoms with Gasteiger partial charge in [-0.3, -0.25) is 0 Å². The Labute approximate surface area is 414 Å². The fourth-order valence-corrected chi connectivity index (χ4v) is 13.6. The van der Waals surface area contributed by atoms with Crippen LogP contribution in [0, 0.1) is 0 Å². The second kappa shape index (κ2) is 17.7. The third-order valence-corrected chi connectivity index (χ3v) is 16.9. The summed E-state index contributed by atoms with van der Waals surface area (Å²) in [4.78, 5) is 7.33. The molecule has 0 aliphatic heterocycles. The molecule has 0 spiro atoms. The Morgan fingerprint density at radius 2 is 0.710 bits per heavy atom. The van der Waals surface area contributed by atoms with Gasteiger partial charge >= 0.3 is 0 Å². The topological polar surface area (TPSA) is 6.48 Å². The van der Waals surface area contributed by atoms with Crippen molar-refractivity contribution in [3.8, 4) is 43.1 Å². The molecule has 0 atom stereocenters. The van der Waals surface area contributed by atoms with E-state index >= 15 is 0 Å². The van der Waals surface area contributed by atoms with Gasteiger partial charge in [-0.15, -0.1) is 34.0 Å². The van der Waals surface area contributed by atoms with E-state index in [4.69, 9.17) is 0 Å². The Morgan fingerprint density at radius 1 is 0.319 bits per heavy atom. The molecule has 13 rings (SSSR count). The predicted octanol–water partition coefficient (Wildman–Crippen LogP) is 20.0. The number of benzene rings is 9. The number of hydrogen-bond donors (Lipinski definition) is 0. The van der Waals surface area contributed by atoms with Crippen LogP contribution in [-0.4, -0.2) is 0 Å². The van der Waals surface area contributed by atoms with Crippen LogP contribution in [0.2, 0.25) is 0 Å². The normalized spacial score (nSPS) is 12.6. The number of hydrogen-bond acceptors (Lipinski definition) is 5. The van der Waals surface area contributed by atoms with Crippen LogP contribution in [0.1, 0.15) is 12.8 Å². The largest absolute Gasteiger partial charge is 0.314 e. The summed E-state index contributed by atoms with van der Waals surface area (Å²) in [5.74, 6) is 0. The fraction of sp³-hybridized carbons (Fsp3) is 0.0312. The molecule has 3 heterocycles. The van der Waals surface area contributed by atoms with Gasteiger partial charge in [0, 0.05) is 95.4 Å². The molecule has 0 N–H and O–H groups in total. The third kappa shape index (κ3) is 7.56. The first-order valence-electron chi connectivity index (χ1n) is 23.5. The summed E-state index contributed by atoms with van der Waals surface area (Å²) in [5, 5.41) is 5.18. The Kier molecular flexibility index (Phi) is 10.6. The molecule has 0 unspecified atom stereocenters. The van der Waals surface area contributed by atoms with E-state index in [1.54, 1.807) is 0 Å². The van der Waals surface area contributed by atoms with Gasteiger partial charge < -0.3 is 9.80 Å². The van der Waals surface area contributed by atoms with Crippen molar-refractivity contribution < 1.29 is 0 Å². The molecule has 3 aromatic heterocycles. The van der Waals surface area contributed by atoms with Gasteiger partial charge in [0.05, 0.1) is 0 Å². The quantitative estimate of drug-likeness (QED) is 0.135. The molecule has 0 bridgehead atoms. The molecule has 0 amide bonds. The predicted molar refractivity (Wildman–Crippen MR) is 302 cm³/mol. The van der Waals surface area contributed by atoms with Crippen LogP contribution >= 0.6 is 34.0 Å². The molecule has 0 radical (unpaired) electrons. The standard InChI is InChI=1S/C64H44N2S3/c1-5-17-47(18-6-1)65(48-19-7-2-8-20-48)51-35-29-43(30-36-51)61-53-25-13-15-27-57(53)68-63(61)45-33-39-59-55(41-45)56-42-46(34-40-60(56)67-59)64-62(54-26-14-16-28-58(54)69-64)44-31-37-52(38-32-44)66(49-21-9-3-10-22-49)50-23-11-4-12-24-50/h1-11,13-23,25-42H,12,24H2. The van der Waals surface area contributed by atoms with Crippen LogP contribution in [0.15, 0.2) is 248 Å². The van der Waals surface area contributed by atoms with Crippen LogP contribution in [-0.2, 0) is 0 Å². The average molecular weight is 937 g/mol. The van der Waals surface area contributed by atoms with Crippen molar-refractivity contribution in [1.82, 2.24) is 0 Å². The van der Waals surface area contributed by atoms with Crippen molar-refractivity contribution in [2.75, 3.05) is 9.80 Å². The van der Waals surface area contributed by atoms with E-state index in [1.807, 2.05) is 34.0 Å². The van der Waals surface area contributed by atoms with E-state index in [9.17, 15) is 0 Å². The van der Waals surface area contributed by atoms with Crippen LogP contribution in [0.4, 0.5) is 28.4 Å². The van der Waals surface area contributed by atoms with E-state index in [2.05, 4.69) is 252 Å². The van der Waals surface area contributed by atoms with Gasteiger partial charge in [0.25, 0.3) is 0 Å². The average Bonchev–Trinajstić information content (AvgIpc) is 4.12. The fourth-order valence-electron chi connectivity index (χ4n) is 10.1. The second-order valence-corrected chi connectivity index (χ2v) is 20.7. The van der Waals surface area contributed by atoms with Gasteiger partial charge in [-0.25, -0.2) is 0 Å². The van der Waals surface area contributed by atoms with Crippen molar-refractivity contribution in [2.24, 2.45) is 0 Å². The van der Waals surface area contributed by atoms with Gasteiger partial charge in [-0.1, -0.05) is 140 Å². The number of anilines is 5. The highest BCUT2D eigenvalue weighted by Crippen LogP contribution is 2.50. The molecular formula is C64H44N2S3. The Morgan fingerprint density at radius 3 is 1.17 bits per heavy atom. The molecule has 12 aromatic rings. The summed E-state index contributed by atoms with van der Waals surface area (Å²) in [5.41, 5.74) is 14.6. The highest BCUT2D eigenvalue weighted by Gasteiger charge is 2.22. The van der Waals surface area contributed by atoms with Crippen molar-refractivity contribution in [3.63, 3.8) is 0 Å². The summed E-state index contributed by atoms with van der Waals surface area (Å²) < 4.78 is 5.20. The van der Waals surface area contributed by atoms with Crippen molar-refractivity contribution in [1.29, 1.82) is 0 Å². The van der Waals surface area contributed by atoms with Gasteiger partial charge in [-0.2, -0.15) is 0 Å². The first-order chi connectivity index (χ1) is 34.2. The van der Waals surface area contributed by atoms with E-state index in [-0.39, 0.29) is 0 Å². The summed E-state index contributed by atoms with van der Waals surface area (Å²) in [6, 6.07) is 82.5. The molecule has 0 saturated carbocycles. The van der Waals surface area contributed by atoms with Crippen LogP contribution in [0.25, 0.3) is 83.5 Å². The molecule has 5 heteroatoms. The zero-order valence-corrected chi connectivity index (χ0v) is 40.1. The van der Waals surface area contributed by atoms with E-state index < -0.39 is 0 Å². The number of rotatable bonds is 10. The number of thiophene rings is 3. The highest BCUT2D eigenvalue weighted by molar-refractivity contribution is 7.26. The lowest BCUT2D eigenvalue weighted by Gasteiger charge is -2.29. The summed E-state index contributed by atoms with van der Waals surface area (Å²) >= 11 is 5.67. The molecule has 1 aliphatic carbocycles. The van der Waals surface area contributed by atoms with E-state index in [1.165, 1.54) is 101 Å². The number of fused-ring (bicyclic) bond motifs is 5. The summed E-state index contributed by atoms with van der Waals surface area (Å²) in [6.45, 7) is 0. The second-order valence-electron chi connectivity index (χ2n) is 17.5. The maximum Gasteiger partial charge on any atom is 0.0462 e.